The Morgan fingerprint density at radius 1 is 1.00 bits per heavy atom. The zero-order valence-corrected chi connectivity index (χ0v) is 12.6. The summed E-state index contributed by atoms with van der Waals surface area (Å²) in [4.78, 5) is 0.218. The van der Waals surface area contributed by atoms with Gasteiger partial charge < -0.3 is 5.73 Å². The van der Waals surface area contributed by atoms with E-state index in [1.807, 2.05) is 26.0 Å². The molecule has 0 aromatic heterocycles. The van der Waals surface area contributed by atoms with Crippen molar-refractivity contribution in [3.63, 3.8) is 0 Å². The zero-order valence-electron chi connectivity index (χ0n) is 11.8. The van der Waals surface area contributed by atoms with E-state index in [2.05, 4.69) is 4.72 Å². The lowest BCUT2D eigenvalue weighted by molar-refractivity contribution is 0.600. The quantitative estimate of drug-likeness (QED) is 0.854. The van der Waals surface area contributed by atoms with E-state index in [1.165, 1.54) is 6.07 Å². The van der Waals surface area contributed by atoms with Crippen molar-refractivity contribution in [3.05, 3.63) is 53.1 Å². The summed E-state index contributed by atoms with van der Waals surface area (Å²) in [5.41, 5.74) is 9.36. The SMILES string of the molecule is Cc1ccc(NS(=O)(=O)c2cc(N)cc(C)c2C)cc1. The molecule has 2 rings (SSSR count). The number of nitrogen functional groups attached to an aromatic ring is 1. The molecule has 0 heterocycles. The highest BCUT2D eigenvalue weighted by Gasteiger charge is 2.18. The lowest BCUT2D eigenvalue weighted by atomic mass is 10.1. The van der Waals surface area contributed by atoms with Gasteiger partial charge in [0, 0.05) is 11.4 Å². The Bertz CT molecular complexity index is 735. The molecule has 4 nitrogen and oxygen atoms in total. The van der Waals surface area contributed by atoms with Gasteiger partial charge in [0.2, 0.25) is 0 Å². The molecule has 0 atom stereocenters. The van der Waals surface area contributed by atoms with Crippen LogP contribution in [0.2, 0.25) is 0 Å². The Hall–Kier alpha value is -2.01. The van der Waals surface area contributed by atoms with Crippen molar-refractivity contribution >= 4 is 21.4 Å². The van der Waals surface area contributed by atoms with Crippen molar-refractivity contribution < 1.29 is 8.42 Å². The molecule has 0 spiro atoms. The first-order chi connectivity index (χ1) is 9.29. The number of hydrogen-bond acceptors (Lipinski definition) is 3. The number of nitrogens with two attached hydrogens (primary N) is 1. The first kappa shape index (κ1) is 14.4. The minimum absolute atomic E-state index is 0.218. The molecule has 0 amide bonds. The predicted molar refractivity (Wildman–Crippen MR) is 82.3 cm³/mol. The smallest absolute Gasteiger partial charge is 0.262 e. The van der Waals surface area contributed by atoms with Crippen molar-refractivity contribution in [1.29, 1.82) is 0 Å². The third kappa shape index (κ3) is 2.93. The minimum Gasteiger partial charge on any atom is -0.399 e. The van der Waals surface area contributed by atoms with Crippen LogP contribution in [0, 0.1) is 20.8 Å². The summed E-state index contributed by atoms with van der Waals surface area (Å²) in [6.07, 6.45) is 0. The molecule has 0 unspecified atom stereocenters. The number of sulfonamides is 1. The van der Waals surface area contributed by atoms with Gasteiger partial charge in [0.15, 0.2) is 0 Å². The molecule has 2 aromatic rings. The fraction of sp³-hybridized carbons (Fsp3) is 0.200. The van der Waals surface area contributed by atoms with Crippen LogP contribution in [0.1, 0.15) is 16.7 Å². The Labute approximate surface area is 119 Å². The van der Waals surface area contributed by atoms with Gasteiger partial charge in [-0.05, 0) is 56.2 Å². The van der Waals surface area contributed by atoms with Gasteiger partial charge in [-0.1, -0.05) is 17.7 Å². The summed E-state index contributed by atoms with van der Waals surface area (Å²) in [5, 5.41) is 0. The normalized spacial score (nSPS) is 11.3. The molecule has 0 aliphatic rings. The number of rotatable bonds is 3. The molecule has 0 aliphatic heterocycles. The molecule has 0 bridgehead atoms. The molecule has 2 aromatic carbocycles. The van der Waals surface area contributed by atoms with E-state index in [0.717, 1.165) is 11.1 Å². The number of aryl methyl sites for hydroxylation is 2. The van der Waals surface area contributed by atoms with E-state index < -0.39 is 10.0 Å². The van der Waals surface area contributed by atoms with Crippen LogP contribution in [0.25, 0.3) is 0 Å². The van der Waals surface area contributed by atoms with Crippen LogP contribution in [0.5, 0.6) is 0 Å². The van der Waals surface area contributed by atoms with Crippen LogP contribution >= 0.6 is 0 Å². The summed E-state index contributed by atoms with van der Waals surface area (Å²) >= 11 is 0. The van der Waals surface area contributed by atoms with Gasteiger partial charge in [-0.15, -0.1) is 0 Å². The molecular weight excluding hydrogens is 272 g/mol. The van der Waals surface area contributed by atoms with Crippen molar-refractivity contribution in [2.75, 3.05) is 10.5 Å². The van der Waals surface area contributed by atoms with Crippen LogP contribution in [0.4, 0.5) is 11.4 Å². The minimum atomic E-state index is -3.63. The van der Waals surface area contributed by atoms with Gasteiger partial charge in [0.1, 0.15) is 0 Å². The van der Waals surface area contributed by atoms with Crippen LogP contribution in [-0.4, -0.2) is 8.42 Å². The van der Waals surface area contributed by atoms with Gasteiger partial charge in [0.25, 0.3) is 10.0 Å². The molecular formula is C15H18N2O2S. The van der Waals surface area contributed by atoms with Crippen molar-refractivity contribution in [2.45, 2.75) is 25.7 Å². The molecule has 0 saturated heterocycles. The van der Waals surface area contributed by atoms with Gasteiger partial charge in [-0.2, -0.15) is 0 Å². The summed E-state index contributed by atoms with van der Waals surface area (Å²) in [7, 11) is -3.63. The highest BCUT2D eigenvalue weighted by molar-refractivity contribution is 7.92. The number of nitrogens with one attached hydrogen (secondary N) is 1. The molecule has 0 saturated carbocycles. The maximum absolute atomic E-state index is 12.4. The summed E-state index contributed by atoms with van der Waals surface area (Å²) < 4.78 is 27.5. The van der Waals surface area contributed by atoms with Crippen molar-refractivity contribution in [1.82, 2.24) is 0 Å². The highest BCUT2D eigenvalue weighted by atomic mass is 32.2. The molecule has 20 heavy (non-hydrogen) atoms. The summed E-state index contributed by atoms with van der Waals surface area (Å²) in [5.74, 6) is 0. The predicted octanol–water partition coefficient (Wildman–Crippen LogP) is 2.99. The monoisotopic (exact) mass is 290 g/mol. The fourth-order valence-corrected chi connectivity index (χ4v) is 3.38. The fourth-order valence-electron chi connectivity index (χ4n) is 1.96. The topological polar surface area (TPSA) is 72.2 Å². The maximum atomic E-state index is 12.4. The Kier molecular flexibility index (Phi) is 3.72. The second-order valence-corrected chi connectivity index (χ2v) is 6.58. The third-order valence-electron chi connectivity index (χ3n) is 3.24. The Morgan fingerprint density at radius 3 is 2.20 bits per heavy atom. The van der Waals surface area contributed by atoms with E-state index in [1.54, 1.807) is 25.1 Å². The second kappa shape index (κ2) is 5.17. The lowest BCUT2D eigenvalue weighted by Crippen LogP contribution is -2.15. The van der Waals surface area contributed by atoms with Crippen molar-refractivity contribution in [2.24, 2.45) is 0 Å². The average molecular weight is 290 g/mol. The Morgan fingerprint density at radius 2 is 1.60 bits per heavy atom. The average Bonchev–Trinajstić information content (AvgIpc) is 2.36. The lowest BCUT2D eigenvalue weighted by Gasteiger charge is -2.13. The number of hydrogen-bond donors (Lipinski definition) is 2. The third-order valence-corrected chi connectivity index (χ3v) is 4.74. The molecule has 0 radical (unpaired) electrons. The molecule has 0 fully saturated rings. The first-order valence-electron chi connectivity index (χ1n) is 6.26. The number of anilines is 2. The second-order valence-electron chi connectivity index (χ2n) is 4.93. The van der Waals surface area contributed by atoms with Crippen LogP contribution < -0.4 is 10.5 Å². The van der Waals surface area contributed by atoms with Crippen LogP contribution in [0.3, 0.4) is 0 Å². The molecule has 5 heteroatoms. The van der Waals surface area contributed by atoms with Gasteiger partial charge >= 0.3 is 0 Å². The highest BCUT2D eigenvalue weighted by Crippen LogP contribution is 2.24. The maximum Gasteiger partial charge on any atom is 0.262 e. The van der Waals surface area contributed by atoms with E-state index >= 15 is 0 Å². The molecule has 106 valence electrons. The standard InChI is InChI=1S/C15H18N2O2S/c1-10-4-6-14(7-5-10)17-20(18,19)15-9-13(16)8-11(2)12(15)3/h4-9,17H,16H2,1-3H3. The van der Waals surface area contributed by atoms with Gasteiger partial charge in [0.05, 0.1) is 4.90 Å². The zero-order chi connectivity index (χ0) is 14.9. The van der Waals surface area contributed by atoms with Crippen LogP contribution in [-0.2, 0) is 10.0 Å². The van der Waals surface area contributed by atoms with E-state index in [9.17, 15) is 8.42 Å². The largest absolute Gasteiger partial charge is 0.399 e. The van der Waals surface area contributed by atoms with E-state index in [0.29, 0.717) is 16.9 Å². The summed E-state index contributed by atoms with van der Waals surface area (Å²) in [6.45, 7) is 5.57. The van der Waals surface area contributed by atoms with E-state index in [-0.39, 0.29) is 4.90 Å². The van der Waals surface area contributed by atoms with Crippen LogP contribution in [0.15, 0.2) is 41.3 Å². The van der Waals surface area contributed by atoms with E-state index in [4.69, 9.17) is 5.73 Å². The number of benzene rings is 2. The van der Waals surface area contributed by atoms with Gasteiger partial charge in [-0.25, -0.2) is 8.42 Å². The van der Waals surface area contributed by atoms with Crippen molar-refractivity contribution in [3.8, 4) is 0 Å². The van der Waals surface area contributed by atoms with Gasteiger partial charge in [-0.3, -0.25) is 4.72 Å². The molecule has 0 aliphatic carbocycles. The summed E-state index contributed by atoms with van der Waals surface area (Å²) in [6, 6.07) is 10.4. The first-order valence-corrected chi connectivity index (χ1v) is 7.74. The Balaban J connectivity index is 2.43. The molecule has 3 N–H and O–H groups in total.